The molecule has 3 fully saturated rings. The van der Waals surface area contributed by atoms with Crippen molar-refractivity contribution in [2.75, 3.05) is 60.0 Å². The van der Waals surface area contributed by atoms with Crippen LogP contribution in [0.15, 0.2) is 0 Å². The molecular weight excluding hydrogens is 294 g/mol. The van der Waals surface area contributed by atoms with Gasteiger partial charge in [-0.25, -0.2) is 0 Å². The van der Waals surface area contributed by atoms with Gasteiger partial charge in [-0.2, -0.15) is 0 Å². The molecule has 0 N–H and O–H groups in total. The Morgan fingerprint density at radius 3 is 2.87 bits per heavy atom. The first-order chi connectivity index (χ1) is 11.0. The van der Waals surface area contributed by atoms with E-state index in [0.29, 0.717) is 19.8 Å². The van der Waals surface area contributed by atoms with Gasteiger partial charge in [-0.05, 0) is 39.8 Å². The minimum atomic E-state index is -0.320. The van der Waals surface area contributed by atoms with Crippen LogP contribution in [0.25, 0.3) is 0 Å². The Balaban J connectivity index is 1.63. The van der Waals surface area contributed by atoms with Gasteiger partial charge in [-0.3, -0.25) is 9.59 Å². The van der Waals surface area contributed by atoms with Crippen molar-refractivity contribution in [3.05, 3.63) is 0 Å². The lowest BCUT2D eigenvalue weighted by Crippen LogP contribution is -2.51. The number of ether oxygens (including phenoxy) is 1. The van der Waals surface area contributed by atoms with Gasteiger partial charge in [0.2, 0.25) is 11.8 Å². The second-order valence-electron chi connectivity index (χ2n) is 7.55. The highest BCUT2D eigenvalue weighted by Crippen LogP contribution is 2.40. The summed E-state index contributed by atoms with van der Waals surface area (Å²) in [5.74, 6) is 0.465. The SMILES string of the molecule is CN(C)CCN1CC[C@@]2(CCCN(C(=O)[C@H]3CCOC3)C2)C1=O. The molecule has 0 aliphatic carbocycles. The maximum Gasteiger partial charge on any atom is 0.230 e. The number of likely N-dealkylation sites (tertiary alicyclic amines) is 2. The number of piperidine rings is 1. The van der Waals surface area contributed by atoms with Crippen LogP contribution in [-0.2, 0) is 14.3 Å². The van der Waals surface area contributed by atoms with E-state index in [-0.39, 0.29) is 23.1 Å². The fourth-order valence-corrected chi connectivity index (χ4v) is 4.11. The molecular formula is C17H29N3O3. The maximum absolute atomic E-state index is 12.9. The number of hydrogen-bond acceptors (Lipinski definition) is 4. The molecule has 3 saturated heterocycles. The van der Waals surface area contributed by atoms with Crippen molar-refractivity contribution in [3.8, 4) is 0 Å². The van der Waals surface area contributed by atoms with Crippen molar-refractivity contribution in [2.45, 2.75) is 25.7 Å². The van der Waals surface area contributed by atoms with Crippen molar-refractivity contribution in [1.82, 2.24) is 14.7 Å². The zero-order valence-corrected chi connectivity index (χ0v) is 14.4. The fourth-order valence-electron chi connectivity index (χ4n) is 4.11. The van der Waals surface area contributed by atoms with E-state index in [1.165, 1.54) is 0 Å². The molecule has 6 heteroatoms. The molecule has 1 spiro atoms. The number of amides is 2. The van der Waals surface area contributed by atoms with Crippen molar-refractivity contribution in [3.63, 3.8) is 0 Å². The third-order valence-electron chi connectivity index (χ3n) is 5.59. The van der Waals surface area contributed by atoms with Crippen molar-refractivity contribution < 1.29 is 14.3 Å². The predicted octanol–water partition coefficient (Wildman–Crippen LogP) is 0.426. The zero-order valence-electron chi connectivity index (χ0n) is 14.4. The molecule has 6 nitrogen and oxygen atoms in total. The maximum atomic E-state index is 12.9. The Morgan fingerprint density at radius 1 is 1.35 bits per heavy atom. The third kappa shape index (κ3) is 3.38. The molecule has 0 aromatic heterocycles. The molecule has 2 amide bonds. The molecule has 2 atom stereocenters. The summed E-state index contributed by atoms with van der Waals surface area (Å²) in [6.45, 7) is 5.16. The number of rotatable bonds is 4. The molecule has 130 valence electrons. The molecule has 0 radical (unpaired) electrons. The van der Waals surface area contributed by atoms with Gasteiger partial charge in [0, 0.05) is 39.3 Å². The largest absolute Gasteiger partial charge is 0.381 e. The summed E-state index contributed by atoms with van der Waals surface area (Å²) >= 11 is 0. The van der Waals surface area contributed by atoms with E-state index < -0.39 is 0 Å². The van der Waals surface area contributed by atoms with Crippen LogP contribution in [0.1, 0.15) is 25.7 Å². The summed E-state index contributed by atoms with van der Waals surface area (Å²) < 4.78 is 5.35. The minimum Gasteiger partial charge on any atom is -0.381 e. The third-order valence-corrected chi connectivity index (χ3v) is 5.59. The summed E-state index contributed by atoms with van der Waals surface area (Å²) in [4.78, 5) is 31.6. The molecule has 3 heterocycles. The van der Waals surface area contributed by atoms with Gasteiger partial charge >= 0.3 is 0 Å². The average molecular weight is 323 g/mol. The zero-order chi connectivity index (χ0) is 16.4. The first-order valence-electron chi connectivity index (χ1n) is 8.82. The molecule has 0 saturated carbocycles. The number of likely N-dealkylation sites (N-methyl/N-ethyl adjacent to an activating group) is 1. The van der Waals surface area contributed by atoms with Crippen LogP contribution < -0.4 is 0 Å². The Morgan fingerprint density at radius 2 is 2.17 bits per heavy atom. The average Bonchev–Trinajstić information content (AvgIpc) is 3.16. The van der Waals surface area contributed by atoms with Gasteiger partial charge in [0.1, 0.15) is 0 Å². The van der Waals surface area contributed by atoms with E-state index in [0.717, 1.165) is 51.9 Å². The van der Waals surface area contributed by atoms with E-state index in [1.807, 2.05) is 23.9 Å². The van der Waals surface area contributed by atoms with E-state index in [1.54, 1.807) is 0 Å². The van der Waals surface area contributed by atoms with E-state index >= 15 is 0 Å². The molecule has 0 aromatic rings. The van der Waals surface area contributed by atoms with Crippen molar-refractivity contribution in [2.24, 2.45) is 11.3 Å². The molecule has 3 rings (SSSR count). The van der Waals surface area contributed by atoms with Gasteiger partial charge in [0.25, 0.3) is 0 Å². The Hall–Kier alpha value is -1.14. The van der Waals surface area contributed by atoms with Crippen LogP contribution in [0, 0.1) is 11.3 Å². The van der Waals surface area contributed by atoms with Crippen LogP contribution in [0.3, 0.4) is 0 Å². The summed E-state index contributed by atoms with van der Waals surface area (Å²) in [6, 6.07) is 0. The highest BCUT2D eigenvalue weighted by molar-refractivity contribution is 5.87. The predicted molar refractivity (Wildman–Crippen MR) is 86.9 cm³/mol. The molecule has 0 unspecified atom stereocenters. The minimum absolute atomic E-state index is 0.00602. The van der Waals surface area contributed by atoms with Gasteiger partial charge in [-0.1, -0.05) is 0 Å². The summed E-state index contributed by atoms with van der Waals surface area (Å²) in [6.07, 6.45) is 3.58. The van der Waals surface area contributed by atoms with Crippen LogP contribution in [0.4, 0.5) is 0 Å². The smallest absolute Gasteiger partial charge is 0.230 e. The lowest BCUT2D eigenvalue weighted by molar-refractivity contribution is -0.145. The topological polar surface area (TPSA) is 53.1 Å². The normalized spacial score (nSPS) is 31.6. The summed E-state index contributed by atoms with van der Waals surface area (Å²) in [7, 11) is 4.06. The number of carbonyl (C=O) groups excluding carboxylic acids is 2. The van der Waals surface area contributed by atoms with Gasteiger partial charge < -0.3 is 19.4 Å². The monoisotopic (exact) mass is 323 g/mol. The Bertz CT molecular complexity index is 462. The highest BCUT2D eigenvalue weighted by Gasteiger charge is 2.49. The highest BCUT2D eigenvalue weighted by atomic mass is 16.5. The van der Waals surface area contributed by atoms with Gasteiger partial charge in [0.05, 0.1) is 17.9 Å². The van der Waals surface area contributed by atoms with Gasteiger partial charge in [0.15, 0.2) is 0 Å². The van der Waals surface area contributed by atoms with Crippen LogP contribution in [-0.4, -0.2) is 86.5 Å². The summed E-state index contributed by atoms with van der Waals surface area (Å²) in [5.41, 5.74) is -0.320. The molecule has 0 bridgehead atoms. The van der Waals surface area contributed by atoms with Crippen LogP contribution in [0.5, 0.6) is 0 Å². The van der Waals surface area contributed by atoms with E-state index in [4.69, 9.17) is 4.74 Å². The van der Waals surface area contributed by atoms with Crippen LogP contribution in [0.2, 0.25) is 0 Å². The molecule has 23 heavy (non-hydrogen) atoms. The molecule has 3 aliphatic heterocycles. The number of carbonyl (C=O) groups is 2. The first kappa shape index (κ1) is 16.7. The first-order valence-corrected chi connectivity index (χ1v) is 8.82. The number of nitrogens with zero attached hydrogens (tertiary/aromatic N) is 3. The van der Waals surface area contributed by atoms with Crippen LogP contribution >= 0.6 is 0 Å². The second kappa shape index (κ2) is 6.77. The lowest BCUT2D eigenvalue weighted by atomic mass is 9.78. The fraction of sp³-hybridized carbons (Fsp3) is 0.882. The van der Waals surface area contributed by atoms with E-state index in [2.05, 4.69) is 4.90 Å². The van der Waals surface area contributed by atoms with Crippen molar-refractivity contribution in [1.29, 1.82) is 0 Å². The standard InChI is InChI=1S/C17H29N3O3/c1-18(2)9-10-19-8-6-17(16(19)22)5-3-7-20(13-17)15(21)14-4-11-23-12-14/h14H,3-13H2,1-2H3/t14-,17+/m0/s1. The Labute approximate surface area is 138 Å². The lowest BCUT2D eigenvalue weighted by Gasteiger charge is -2.40. The number of hydrogen-bond donors (Lipinski definition) is 0. The van der Waals surface area contributed by atoms with Gasteiger partial charge in [-0.15, -0.1) is 0 Å². The van der Waals surface area contributed by atoms with E-state index in [9.17, 15) is 9.59 Å². The molecule has 0 aromatic carbocycles. The summed E-state index contributed by atoms with van der Waals surface area (Å²) in [5, 5.41) is 0. The van der Waals surface area contributed by atoms with Crippen molar-refractivity contribution >= 4 is 11.8 Å². The Kier molecular flexibility index (Phi) is 4.92. The quantitative estimate of drug-likeness (QED) is 0.753. The second-order valence-corrected chi connectivity index (χ2v) is 7.55. The molecule has 3 aliphatic rings.